The van der Waals surface area contributed by atoms with E-state index in [1.807, 2.05) is 18.2 Å². The van der Waals surface area contributed by atoms with Crippen LogP contribution in [-0.2, 0) is 4.79 Å². The third kappa shape index (κ3) is 4.85. The fourth-order valence-corrected chi connectivity index (χ4v) is 2.41. The van der Waals surface area contributed by atoms with Crippen molar-refractivity contribution in [3.8, 4) is 0 Å². The molecule has 0 spiro atoms. The lowest BCUT2D eigenvalue weighted by molar-refractivity contribution is -0.120. The second-order valence-corrected chi connectivity index (χ2v) is 6.70. The van der Waals surface area contributed by atoms with Gasteiger partial charge in [-0.05, 0) is 69.1 Å². The highest BCUT2D eigenvalue weighted by Crippen LogP contribution is 2.23. The summed E-state index contributed by atoms with van der Waals surface area (Å²) in [6.45, 7) is 4.57. The van der Waals surface area contributed by atoms with E-state index < -0.39 is 0 Å². The maximum atomic E-state index is 12.1. The van der Waals surface area contributed by atoms with Crippen LogP contribution in [0.15, 0.2) is 22.7 Å². The van der Waals surface area contributed by atoms with Crippen molar-refractivity contribution in [2.75, 3.05) is 11.9 Å². The van der Waals surface area contributed by atoms with Gasteiger partial charge in [-0.25, -0.2) is 0 Å². The summed E-state index contributed by atoms with van der Waals surface area (Å²) < 4.78 is 2.09. The summed E-state index contributed by atoms with van der Waals surface area (Å²) in [6.07, 6.45) is 0.813. The molecule has 0 radical (unpaired) electrons. The Labute approximate surface area is 130 Å². The van der Waals surface area contributed by atoms with Crippen molar-refractivity contribution in [3.63, 3.8) is 0 Å². The van der Waals surface area contributed by atoms with E-state index in [-0.39, 0.29) is 11.8 Å². The highest BCUT2D eigenvalue weighted by atomic mass is 127. The third-order valence-corrected chi connectivity index (χ3v) is 4.94. The van der Waals surface area contributed by atoms with Gasteiger partial charge in [0.1, 0.15) is 0 Å². The van der Waals surface area contributed by atoms with Crippen LogP contribution in [-0.4, -0.2) is 12.5 Å². The molecule has 0 bridgehead atoms. The first-order valence-corrected chi connectivity index (χ1v) is 7.77. The van der Waals surface area contributed by atoms with Crippen LogP contribution >= 0.6 is 38.5 Å². The van der Waals surface area contributed by atoms with Crippen molar-refractivity contribution in [3.05, 3.63) is 26.2 Å². The van der Waals surface area contributed by atoms with E-state index in [9.17, 15) is 4.79 Å². The first-order chi connectivity index (χ1) is 8.43. The van der Waals surface area contributed by atoms with Gasteiger partial charge in [-0.1, -0.05) is 13.8 Å². The Morgan fingerprint density at radius 2 is 2.17 bits per heavy atom. The van der Waals surface area contributed by atoms with E-state index in [1.165, 1.54) is 0 Å². The lowest BCUT2D eigenvalue weighted by atomic mass is 9.96. The Balaban J connectivity index is 2.70. The number of hydrogen-bond acceptors (Lipinski definition) is 2. The average Bonchev–Trinajstić information content (AvgIpc) is 2.30. The molecule has 1 atom stereocenters. The predicted octanol–water partition coefficient (Wildman–Crippen LogP) is 3.61. The van der Waals surface area contributed by atoms with E-state index >= 15 is 0 Å². The summed E-state index contributed by atoms with van der Waals surface area (Å²) in [5.41, 5.74) is 6.46. The number of carbonyl (C=O) groups excluding carboxylic acids is 1. The Bertz CT molecular complexity index is 423. The van der Waals surface area contributed by atoms with Crippen LogP contribution in [0.3, 0.4) is 0 Å². The van der Waals surface area contributed by atoms with Crippen LogP contribution in [0.25, 0.3) is 0 Å². The molecular weight excluding hydrogens is 407 g/mol. The zero-order valence-corrected chi connectivity index (χ0v) is 14.3. The summed E-state index contributed by atoms with van der Waals surface area (Å²) in [6, 6.07) is 5.76. The first kappa shape index (κ1) is 15.9. The topological polar surface area (TPSA) is 55.1 Å². The van der Waals surface area contributed by atoms with Gasteiger partial charge in [-0.3, -0.25) is 4.79 Å². The molecule has 0 fully saturated rings. The lowest BCUT2D eigenvalue weighted by Crippen LogP contribution is -2.30. The molecule has 0 heterocycles. The Morgan fingerprint density at radius 3 is 2.67 bits per heavy atom. The average molecular weight is 425 g/mol. The zero-order chi connectivity index (χ0) is 13.7. The minimum atomic E-state index is -0.122. The minimum absolute atomic E-state index is 0.000641. The van der Waals surface area contributed by atoms with E-state index in [4.69, 9.17) is 5.73 Å². The second-order valence-electron chi connectivity index (χ2n) is 4.68. The number of carbonyl (C=O) groups is 1. The summed E-state index contributed by atoms with van der Waals surface area (Å²) in [5.74, 6) is 0.343. The van der Waals surface area contributed by atoms with Crippen molar-refractivity contribution >= 4 is 50.1 Å². The van der Waals surface area contributed by atoms with Gasteiger partial charge < -0.3 is 11.1 Å². The number of benzene rings is 1. The molecule has 1 amide bonds. The van der Waals surface area contributed by atoms with E-state index in [0.29, 0.717) is 12.5 Å². The van der Waals surface area contributed by atoms with Crippen molar-refractivity contribution < 1.29 is 4.79 Å². The molecule has 1 aromatic rings. The molecule has 0 aromatic heterocycles. The molecule has 3 nitrogen and oxygen atoms in total. The zero-order valence-electron chi connectivity index (χ0n) is 10.5. The third-order valence-electron chi connectivity index (χ3n) is 2.60. The van der Waals surface area contributed by atoms with E-state index in [2.05, 4.69) is 57.7 Å². The minimum Gasteiger partial charge on any atom is -0.330 e. The molecule has 1 aromatic carbocycles. The van der Waals surface area contributed by atoms with Gasteiger partial charge in [-0.2, -0.15) is 0 Å². The summed E-state index contributed by atoms with van der Waals surface area (Å²) in [4.78, 5) is 12.1. The molecule has 100 valence electrons. The molecule has 1 unspecified atom stereocenters. The molecule has 5 heteroatoms. The molecule has 0 aliphatic heterocycles. The molecule has 0 aliphatic carbocycles. The highest BCUT2D eigenvalue weighted by Gasteiger charge is 2.18. The number of hydrogen-bond donors (Lipinski definition) is 2. The van der Waals surface area contributed by atoms with E-state index in [0.717, 1.165) is 20.2 Å². The smallest absolute Gasteiger partial charge is 0.228 e. The number of amides is 1. The molecule has 18 heavy (non-hydrogen) atoms. The number of nitrogens with one attached hydrogen (secondary N) is 1. The predicted molar refractivity (Wildman–Crippen MR) is 87.5 cm³/mol. The highest BCUT2D eigenvalue weighted by molar-refractivity contribution is 14.1. The summed E-state index contributed by atoms with van der Waals surface area (Å²) >= 11 is 5.68. The van der Waals surface area contributed by atoms with Crippen LogP contribution in [0.5, 0.6) is 0 Å². The summed E-state index contributed by atoms with van der Waals surface area (Å²) in [7, 11) is 0. The Kier molecular flexibility index (Phi) is 6.59. The molecular formula is C13H18BrIN2O. The van der Waals surface area contributed by atoms with Crippen molar-refractivity contribution in [1.82, 2.24) is 0 Å². The van der Waals surface area contributed by atoms with Gasteiger partial charge in [0, 0.05) is 20.3 Å². The Morgan fingerprint density at radius 1 is 1.50 bits per heavy atom. The van der Waals surface area contributed by atoms with Gasteiger partial charge in [0.05, 0.1) is 5.92 Å². The fraction of sp³-hybridized carbons (Fsp3) is 0.462. The molecule has 0 saturated heterocycles. The number of nitrogens with two attached hydrogens (primary N) is 1. The first-order valence-electron chi connectivity index (χ1n) is 5.90. The van der Waals surface area contributed by atoms with Gasteiger partial charge in [0.25, 0.3) is 0 Å². The van der Waals surface area contributed by atoms with Crippen LogP contribution in [0.1, 0.15) is 20.3 Å². The van der Waals surface area contributed by atoms with Gasteiger partial charge in [0.2, 0.25) is 5.91 Å². The largest absolute Gasteiger partial charge is 0.330 e. The molecule has 0 saturated carbocycles. The Hall–Kier alpha value is -0.140. The van der Waals surface area contributed by atoms with Crippen molar-refractivity contribution in [2.24, 2.45) is 17.6 Å². The quantitative estimate of drug-likeness (QED) is 0.709. The van der Waals surface area contributed by atoms with Crippen molar-refractivity contribution in [1.29, 1.82) is 0 Å². The van der Waals surface area contributed by atoms with Crippen LogP contribution in [0, 0.1) is 15.4 Å². The number of halogens is 2. The number of rotatable bonds is 5. The van der Waals surface area contributed by atoms with Gasteiger partial charge in [-0.15, -0.1) is 0 Å². The molecule has 1 rings (SSSR count). The number of anilines is 1. The maximum Gasteiger partial charge on any atom is 0.228 e. The van der Waals surface area contributed by atoms with E-state index in [1.54, 1.807) is 0 Å². The second kappa shape index (κ2) is 7.45. The monoisotopic (exact) mass is 424 g/mol. The van der Waals surface area contributed by atoms with Crippen LogP contribution in [0.4, 0.5) is 5.69 Å². The summed E-state index contributed by atoms with van der Waals surface area (Å²) in [5, 5.41) is 2.91. The fourth-order valence-electron chi connectivity index (χ4n) is 1.70. The standard InChI is InChI=1S/C13H18BrIN2O/c1-8(2)5-9(7-16)13(18)17-10-3-4-12(15)11(14)6-10/h3-4,6,8-9H,5,7,16H2,1-2H3,(H,17,18). The van der Waals surface area contributed by atoms with Gasteiger partial charge >= 0.3 is 0 Å². The SMILES string of the molecule is CC(C)CC(CN)C(=O)Nc1ccc(I)c(Br)c1. The lowest BCUT2D eigenvalue weighted by Gasteiger charge is -2.17. The maximum absolute atomic E-state index is 12.1. The molecule has 3 N–H and O–H groups in total. The normalized spacial score (nSPS) is 12.6. The van der Waals surface area contributed by atoms with Crippen LogP contribution < -0.4 is 11.1 Å². The molecule has 0 aliphatic rings. The van der Waals surface area contributed by atoms with Crippen molar-refractivity contribution in [2.45, 2.75) is 20.3 Å². The van der Waals surface area contributed by atoms with Gasteiger partial charge in [0.15, 0.2) is 0 Å². The van der Waals surface area contributed by atoms with Crippen LogP contribution in [0.2, 0.25) is 0 Å².